The van der Waals surface area contributed by atoms with Crippen LogP contribution >= 0.6 is 22.9 Å². The van der Waals surface area contributed by atoms with E-state index in [0.29, 0.717) is 24.4 Å². The second-order valence-electron chi connectivity index (χ2n) is 4.32. The topological polar surface area (TPSA) is 54.5 Å². The predicted octanol–water partition coefficient (Wildman–Crippen LogP) is 3.19. The van der Waals surface area contributed by atoms with Crippen LogP contribution in [-0.2, 0) is 13.0 Å². The van der Waals surface area contributed by atoms with Crippen LogP contribution in [0.25, 0.3) is 11.0 Å². The molecule has 0 spiro atoms. The highest BCUT2D eigenvalue weighted by Gasteiger charge is 2.14. The first-order valence-corrected chi connectivity index (χ1v) is 7.62. The van der Waals surface area contributed by atoms with Crippen molar-refractivity contribution in [2.75, 3.05) is 5.88 Å². The van der Waals surface area contributed by atoms with Crippen molar-refractivity contribution < 1.29 is 0 Å². The molecular weight excluding hydrogens is 292 g/mol. The molecule has 0 amide bonds. The number of thiazole rings is 1. The van der Waals surface area contributed by atoms with Gasteiger partial charge in [-0.3, -0.25) is 0 Å². The van der Waals surface area contributed by atoms with Crippen LogP contribution in [0, 0.1) is 11.3 Å². The van der Waals surface area contributed by atoms with Crippen molar-refractivity contribution in [3.05, 3.63) is 46.2 Å². The van der Waals surface area contributed by atoms with Crippen molar-refractivity contribution in [1.29, 1.82) is 5.26 Å². The van der Waals surface area contributed by atoms with Gasteiger partial charge in [0, 0.05) is 17.7 Å². The van der Waals surface area contributed by atoms with Gasteiger partial charge >= 0.3 is 0 Å². The molecule has 100 valence electrons. The maximum atomic E-state index is 9.19. The summed E-state index contributed by atoms with van der Waals surface area (Å²) in [7, 11) is 0. The minimum absolute atomic E-state index is 0.502. The number of benzene rings is 1. The van der Waals surface area contributed by atoms with E-state index in [1.165, 1.54) is 0 Å². The van der Waals surface area contributed by atoms with Crippen LogP contribution in [0.4, 0.5) is 0 Å². The van der Waals surface area contributed by atoms with E-state index in [0.717, 1.165) is 22.6 Å². The zero-order chi connectivity index (χ0) is 13.9. The van der Waals surface area contributed by atoms with Crippen molar-refractivity contribution in [3.63, 3.8) is 0 Å². The van der Waals surface area contributed by atoms with Gasteiger partial charge in [0.15, 0.2) is 0 Å². The van der Waals surface area contributed by atoms with E-state index in [1.807, 2.05) is 23.0 Å². The Hall–Kier alpha value is -1.90. The van der Waals surface area contributed by atoms with Gasteiger partial charge in [-0.1, -0.05) is 6.07 Å². The summed E-state index contributed by atoms with van der Waals surface area (Å²) >= 11 is 7.43. The van der Waals surface area contributed by atoms with Gasteiger partial charge in [0.1, 0.15) is 17.4 Å². The SMILES string of the molecule is N#Cc1cccc2c1nc(CCCl)n2Cc1cscn1. The number of nitrogens with zero attached hydrogens (tertiary/aromatic N) is 4. The number of nitriles is 1. The molecule has 0 fully saturated rings. The Labute approximate surface area is 125 Å². The predicted molar refractivity (Wildman–Crippen MR) is 80.1 cm³/mol. The van der Waals surface area contributed by atoms with Gasteiger partial charge in [0.2, 0.25) is 0 Å². The zero-order valence-corrected chi connectivity index (χ0v) is 12.2. The third kappa shape index (κ3) is 2.28. The van der Waals surface area contributed by atoms with Crippen LogP contribution in [-0.4, -0.2) is 20.4 Å². The molecular formula is C14H11ClN4S. The normalized spacial score (nSPS) is 10.8. The van der Waals surface area contributed by atoms with Crippen molar-refractivity contribution in [1.82, 2.24) is 14.5 Å². The number of hydrogen-bond donors (Lipinski definition) is 0. The highest BCUT2D eigenvalue weighted by atomic mass is 35.5. The molecule has 1 aromatic carbocycles. The zero-order valence-electron chi connectivity index (χ0n) is 10.6. The molecule has 20 heavy (non-hydrogen) atoms. The van der Waals surface area contributed by atoms with E-state index in [2.05, 4.69) is 20.6 Å². The van der Waals surface area contributed by atoms with Crippen molar-refractivity contribution in [2.45, 2.75) is 13.0 Å². The molecule has 0 saturated carbocycles. The van der Waals surface area contributed by atoms with Gasteiger partial charge in [-0.05, 0) is 12.1 Å². The molecule has 0 unspecified atom stereocenters. The maximum absolute atomic E-state index is 9.19. The number of para-hydroxylation sites is 1. The number of aromatic nitrogens is 3. The number of imidazole rings is 1. The summed E-state index contributed by atoms with van der Waals surface area (Å²) < 4.78 is 2.09. The van der Waals surface area contributed by atoms with Gasteiger partial charge in [0.05, 0.1) is 28.8 Å². The largest absolute Gasteiger partial charge is 0.322 e. The Balaban J connectivity index is 2.17. The van der Waals surface area contributed by atoms with E-state index in [-0.39, 0.29) is 0 Å². The molecule has 0 radical (unpaired) electrons. The lowest BCUT2D eigenvalue weighted by atomic mass is 10.2. The molecule has 3 rings (SSSR count). The first-order valence-electron chi connectivity index (χ1n) is 6.14. The average molecular weight is 303 g/mol. The standard InChI is InChI=1S/C14H11ClN4S/c15-5-4-13-18-14-10(6-16)2-1-3-12(14)19(13)7-11-8-20-9-17-11/h1-3,8-9H,4-5,7H2. The first-order chi connectivity index (χ1) is 9.83. The van der Waals surface area contributed by atoms with Crippen LogP contribution < -0.4 is 0 Å². The molecule has 0 aliphatic rings. The van der Waals surface area contributed by atoms with Crippen molar-refractivity contribution >= 4 is 34.0 Å². The molecule has 0 aliphatic carbocycles. The molecule has 4 nitrogen and oxygen atoms in total. The summed E-state index contributed by atoms with van der Waals surface area (Å²) in [5.41, 5.74) is 5.10. The molecule has 2 aromatic heterocycles. The third-order valence-corrected chi connectivity index (χ3v) is 3.92. The molecule has 0 bridgehead atoms. The number of hydrogen-bond acceptors (Lipinski definition) is 4. The van der Waals surface area contributed by atoms with Gasteiger partial charge in [-0.15, -0.1) is 22.9 Å². The number of fused-ring (bicyclic) bond motifs is 1. The Morgan fingerprint density at radius 3 is 3.00 bits per heavy atom. The second kappa shape index (κ2) is 5.61. The summed E-state index contributed by atoms with van der Waals surface area (Å²) in [4.78, 5) is 8.90. The van der Waals surface area contributed by atoms with E-state index >= 15 is 0 Å². The lowest BCUT2D eigenvalue weighted by Crippen LogP contribution is -2.06. The van der Waals surface area contributed by atoms with E-state index in [4.69, 9.17) is 11.6 Å². The molecule has 2 heterocycles. The summed E-state index contributed by atoms with van der Waals surface area (Å²) in [5.74, 6) is 1.40. The number of halogens is 1. The molecule has 0 N–H and O–H groups in total. The second-order valence-corrected chi connectivity index (χ2v) is 5.41. The molecule has 0 saturated heterocycles. The highest BCUT2D eigenvalue weighted by molar-refractivity contribution is 7.07. The lowest BCUT2D eigenvalue weighted by molar-refractivity contribution is 0.742. The molecule has 0 atom stereocenters. The van der Waals surface area contributed by atoms with Crippen LogP contribution in [0.15, 0.2) is 29.1 Å². The average Bonchev–Trinajstić information content (AvgIpc) is 3.08. The lowest BCUT2D eigenvalue weighted by Gasteiger charge is -2.06. The van der Waals surface area contributed by atoms with Crippen molar-refractivity contribution in [3.8, 4) is 6.07 Å². The van der Waals surface area contributed by atoms with Crippen LogP contribution in [0.2, 0.25) is 0 Å². The maximum Gasteiger partial charge on any atom is 0.111 e. The van der Waals surface area contributed by atoms with E-state index in [9.17, 15) is 5.26 Å². The van der Waals surface area contributed by atoms with Gasteiger partial charge in [-0.25, -0.2) is 9.97 Å². The number of aryl methyl sites for hydroxylation is 1. The first kappa shape index (κ1) is 13.1. The minimum atomic E-state index is 0.502. The quantitative estimate of drug-likeness (QED) is 0.695. The Kier molecular flexibility index (Phi) is 3.68. The summed E-state index contributed by atoms with van der Waals surface area (Å²) in [6, 6.07) is 7.83. The van der Waals surface area contributed by atoms with Gasteiger partial charge < -0.3 is 4.57 Å². The van der Waals surface area contributed by atoms with E-state index < -0.39 is 0 Å². The summed E-state index contributed by atoms with van der Waals surface area (Å²) in [6.07, 6.45) is 0.672. The van der Waals surface area contributed by atoms with Crippen LogP contribution in [0.5, 0.6) is 0 Å². The molecule has 3 aromatic rings. The smallest absolute Gasteiger partial charge is 0.111 e. The Morgan fingerprint density at radius 1 is 1.40 bits per heavy atom. The number of rotatable bonds is 4. The van der Waals surface area contributed by atoms with Crippen LogP contribution in [0.3, 0.4) is 0 Å². The highest BCUT2D eigenvalue weighted by Crippen LogP contribution is 2.21. The fourth-order valence-corrected chi connectivity index (χ4v) is 2.93. The summed E-state index contributed by atoms with van der Waals surface area (Å²) in [6.45, 7) is 0.654. The van der Waals surface area contributed by atoms with E-state index in [1.54, 1.807) is 17.4 Å². The fourth-order valence-electron chi connectivity index (χ4n) is 2.21. The molecule has 6 heteroatoms. The van der Waals surface area contributed by atoms with Crippen molar-refractivity contribution in [2.24, 2.45) is 0 Å². The Bertz CT molecular complexity index is 770. The summed E-state index contributed by atoms with van der Waals surface area (Å²) in [5, 5.41) is 11.2. The monoisotopic (exact) mass is 302 g/mol. The Morgan fingerprint density at radius 2 is 2.30 bits per heavy atom. The molecule has 0 aliphatic heterocycles. The van der Waals surface area contributed by atoms with Gasteiger partial charge in [-0.2, -0.15) is 5.26 Å². The van der Waals surface area contributed by atoms with Crippen LogP contribution in [0.1, 0.15) is 17.1 Å². The third-order valence-electron chi connectivity index (χ3n) is 3.10. The van der Waals surface area contributed by atoms with Gasteiger partial charge in [0.25, 0.3) is 0 Å². The minimum Gasteiger partial charge on any atom is -0.322 e. The number of alkyl halides is 1. The fraction of sp³-hybridized carbons (Fsp3) is 0.214.